The van der Waals surface area contributed by atoms with Crippen LogP contribution in [-0.4, -0.2) is 34.6 Å². The lowest BCUT2D eigenvalue weighted by atomic mass is 10.8. The molecule has 0 fully saturated rings. The zero-order valence-corrected chi connectivity index (χ0v) is 8.16. The van der Waals surface area contributed by atoms with E-state index < -0.39 is 11.6 Å². The summed E-state index contributed by atoms with van der Waals surface area (Å²) < 4.78 is 28.3. The van der Waals surface area contributed by atoms with Gasteiger partial charge in [0.2, 0.25) is 5.95 Å². The second-order valence-corrected chi connectivity index (χ2v) is 2.95. The minimum absolute atomic E-state index is 0.205. The molecule has 0 saturated heterocycles. The maximum absolute atomic E-state index is 12.2. The summed E-state index contributed by atoms with van der Waals surface area (Å²) in [6.07, 6.45) is 1.06. The number of nitrogens with zero attached hydrogens (tertiary/aromatic N) is 4. The Kier molecular flexibility index (Phi) is 3.00. The molecule has 0 amide bonds. The Hall–Kier alpha value is -1.24. The van der Waals surface area contributed by atoms with Gasteiger partial charge in [0.05, 0.1) is 0 Å². The van der Waals surface area contributed by atoms with Gasteiger partial charge in [-0.3, -0.25) is 0 Å². The maximum Gasteiger partial charge on any atom is 0.489 e. The topological polar surface area (TPSA) is 51.1 Å². The van der Waals surface area contributed by atoms with Crippen LogP contribution in [0.2, 0.25) is 0 Å². The summed E-state index contributed by atoms with van der Waals surface area (Å²) in [5.74, 6) is 0.205. The van der Waals surface area contributed by atoms with Crippen LogP contribution in [0.4, 0.5) is 14.7 Å². The van der Waals surface area contributed by atoms with Gasteiger partial charge in [0.1, 0.15) is 6.33 Å². The second kappa shape index (κ2) is 3.87. The molecule has 0 aromatic carbocycles. The zero-order chi connectivity index (χ0) is 10.8. The molecule has 1 aromatic rings. The molecule has 0 saturated carbocycles. The van der Waals surface area contributed by atoms with Gasteiger partial charge in [-0.1, -0.05) is 0 Å². The van der Waals surface area contributed by atoms with Crippen LogP contribution in [0.25, 0.3) is 0 Å². The highest BCUT2D eigenvalue weighted by atomic mass is 35.5. The average molecular weight is 225 g/mol. The molecule has 0 atom stereocenters. The summed E-state index contributed by atoms with van der Waals surface area (Å²) >= 11 is 4.53. The van der Waals surface area contributed by atoms with E-state index in [2.05, 4.69) is 31.3 Å². The van der Waals surface area contributed by atoms with Crippen molar-refractivity contribution in [1.29, 1.82) is 0 Å². The summed E-state index contributed by atoms with van der Waals surface area (Å²) in [5.41, 5.74) is -3.81. The standard InChI is InChI=1S/C6H7ClF2N4O/c1-13(2)4-10-3-11-5(12-4)14-6(7,8)9/h3H,1-2H3. The molecular weight excluding hydrogens is 218 g/mol. The summed E-state index contributed by atoms with van der Waals surface area (Å²) in [5, 5.41) is 0. The Balaban J connectivity index is 2.84. The molecule has 78 valence electrons. The average Bonchev–Trinajstić information content (AvgIpc) is 2.01. The number of halogens is 3. The molecule has 1 rings (SSSR count). The SMILES string of the molecule is CN(C)c1ncnc(OC(F)(F)Cl)n1. The molecule has 14 heavy (non-hydrogen) atoms. The van der Waals surface area contributed by atoms with E-state index in [1.54, 1.807) is 14.1 Å². The Labute approximate surface area is 83.7 Å². The minimum atomic E-state index is -3.81. The lowest BCUT2D eigenvalue weighted by Gasteiger charge is -2.11. The van der Waals surface area contributed by atoms with Gasteiger partial charge < -0.3 is 9.64 Å². The summed E-state index contributed by atoms with van der Waals surface area (Å²) in [4.78, 5) is 12.2. The van der Waals surface area contributed by atoms with Crippen LogP contribution >= 0.6 is 11.6 Å². The summed E-state index contributed by atoms with van der Waals surface area (Å²) in [6, 6.07) is -0.524. The van der Waals surface area contributed by atoms with Crippen molar-refractivity contribution >= 4 is 17.5 Å². The van der Waals surface area contributed by atoms with E-state index in [-0.39, 0.29) is 5.95 Å². The number of rotatable bonds is 3. The van der Waals surface area contributed by atoms with E-state index in [1.165, 1.54) is 4.90 Å². The van der Waals surface area contributed by atoms with Crippen molar-refractivity contribution in [3.8, 4) is 6.01 Å². The van der Waals surface area contributed by atoms with Crippen LogP contribution in [0.15, 0.2) is 6.33 Å². The molecule has 0 bridgehead atoms. The molecule has 0 aliphatic rings. The van der Waals surface area contributed by atoms with Gasteiger partial charge in [-0.2, -0.15) is 9.97 Å². The second-order valence-electron chi connectivity index (χ2n) is 2.51. The molecule has 1 heterocycles. The first kappa shape index (κ1) is 10.8. The molecule has 0 spiro atoms. The number of anilines is 1. The van der Waals surface area contributed by atoms with E-state index in [0.717, 1.165) is 6.33 Å². The smallest absolute Gasteiger partial charge is 0.385 e. The fraction of sp³-hybridized carbons (Fsp3) is 0.500. The van der Waals surface area contributed by atoms with Crippen LogP contribution in [-0.2, 0) is 0 Å². The third-order valence-electron chi connectivity index (χ3n) is 1.14. The van der Waals surface area contributed by atoms with Crippen molar-refractivity contribution in [1.82, 2.24) is 15.0 Å². The molecule has 0 N–H and O–H groups in total. The number of hydrogen-bond donors (Lipinski definition) is 0. The fourth-order valence-electron chi connectivity index (χ4n) is 0.641. The van der Waals surface area contributed by atoms with Crippen molar-refractivity contribution in [3.05, 3.63) is 6.33 Å². The summed E-state index contributed by atoms with van der Waals surface area (Å²) in [6.45, 7) is 0. The first-order valence-electron chi connectivity index (χ1n) is 3.50. The third-order valence-corrected chi connectivity index (χ3v) is 1.22. The van der Waals surface area contributed by atoms with E-state index >= 15 is 0 Å². The van der Waals surface area contributed by atoms with Crippen molar-refractivity contribution < 1.29 is 13.5 Å². The maximum atomic E-state index is 12.2. The fourth-order valence-corrected chi connectivity index (χ4v) is 0.710. The predicted molar refractivity (Wildman–Crippen MR) is 45.6 cm³/mol. The van der Waals surface area contributed by atoms with Crippen LogP contribution in [0, 0.1) is 0 Å². The van der Waals surface area contributed by atoms with Crippen LogP contribution < -0.4 is 9.64 Å². The highest BCUT2D eigenvalue weighted by Crippen LogP contribution is 2.22. The summed E-state index contributed by atoms with van der Waals surface area (Å²) in [7, 11) is 3.30. The third kappa shape index (κ3) is 3.25. The van der Waals surface area contributed by atoms with Crippen LogP contribution in [0.3, 0.4) is 0 Å². The Morgan fingerprint density at radius 2 is 2.07 bits per heavy atom. The van der Waals surface area contributed by atoms with E-state index in [4.69, 9.17) is 0 Å². The first-order valence-corrected chi connectivity index (χ1v) is 3.88. The van der Waals surface area contributed by atoms with Gasteiger partial charge >= 0.3 is 11.6 Å². The predicted octanol–water partition coefficient (Wildman–Crippen LogP) is 1.11. The number of ether oxygens (including phenoxy) is 1. The quantitative estimate of drug-likeness (QED) is 0.720. The minimum Gasteiger partial charge on any atom is -0.385 e. The van der Waals surface area contributed by atoms with Crippen molar-refractivity contribution in [2.24, 2.45) is 0 Å². The molecule has 1 aromatic heterocycles. The Bertz CT molecular complexity index is 317. The molecule has 0 unspecified atom stereocenters. The van der Waals surface area contributed by atoms with Gasteiger partial charge in [-0.25, -0.2) is 4.98 Å². The van der Waals surface area contributed by atoms with Gasteiger partial charge in [0.15, 0.2) is 0 Å². The molecule has 5 nitrogen and oxygen atoms in total. The Morgan fingerprint density at radius 3 is 2.57 bits per heavy atom. The largest absolute Gasteiger partial charge is 0.489 e. The lowest BCUT2D eigenvalue weighted by Crippen LogP contribution is -2.19. The highest BCUT2D eigenvalue weighted by Gasteiger charge is 2.29. The zero-order valence-electron chi connectivity index (χ0n) is 7.41. The lowest BCUT2D eigenvalue weighted by molar-refractivity contribution is -0.102. The van der Waals surface area contributed by atoms with Crippen LogP contribution in [0.5, 0.6) is 6.01 Å². The molecule has 0 aliphatic heterocycles. The molecule has 0 aliphatic carbocycles. The van der Waals surface area contributed by atoms with Gasteiger partial charge in [-0.15, -0.1) is 8.78 Å². The normalized spacial score (nSPS) is 11.2. The first-order chi connectivity index (χ1) is 6.38. The van der Waals surface area contributed by atoms with Crippen molar-refractivity contribution in [3.63, 3.8) is 0 Å². The number of hydrogen-bond acceptors (Lipinski definition) is 5. The number of aromatic nitrogens is 3. The number of alkyl halides is 3. The van der Waals surface area contributed by atoms with Crippen LogP contribution in [0.1, 0.15) is 0 Å². The monoisotopic (exact) mass is 224 g/mol. The molecular formula is C6H7ClF2N4O. The Morgan fingerprint density at radius 1 is 1.43 bits per heavy atom. The van der Waals surface area contributed by atoms with Gasteiger partial charge in [0, 0.05) is 25.7 Å². The molecule has 0 radical (unpaired) electrons. The van der Waals surface area contributed by atoms with Crippen molar-refractivity contribution in [2.75, 3.05) is 19.0 Å². The van der Waals surface area contributed by atoms with E-state index in [1.807, 2.05) is 0 Å². The molecule has 8 heteroatoms. The van der Waals surface area contributed by atoms with E-state index in [0.29, 0.717) is 0 Å². The van der Waals surface area contributed by atoms with Gasteiger partial charge in [0.25, 0.3) is 0 Å². The van der Waals surface area contributed by atoms with Gasteiger partial charge in [-0.05, 0) is 0 Å². The van der Waals surface area contributed by atoms with E-state index in [9.17, 15) is 8.78 Å². The highest BCUT2D eigenvalue weighted by molar-refractivity contribution is 6.20. The van der Waals surface area contributed by atoms with Crippen molar-refractivity contribution in [2.45, 2.75) is 5.57 Å².